The van der Waals surface area contributed by atoms with Crippen LogP contribution in [0.15, 0.2) is 27.4 Å². The van der Waals surface area contributed by atoms with Gasteiger partial charge in [-0.1, -0.05) is 6.07 Å². The van der Waals surface area contributed by atoms with Crippen LogP contribution < -0.4 is 11.5 Å². The van der Waals surface area contributed by atoms with Gasteiger partial charge in [-0.05, 0) is 31.5 Å². The van der Waals surface area contributed by atoms with E-state index in [1.165, 1.54) is 4.57 Å². The lowest BCUT2D eigenvalue weighted by molar-refractivity contribution is -0.138. The minimum absolute atomic E-state index is 0.0740. The second kappa shape index (κ2) is 4.30. The fourth-order valence-corrected chi connectivity index (χ4v) is 1.88. The zero-order valence-corrected chi connectivity index (χ0v) is 10.1. The van der Waals surface area contributed by atoms with Crippen LogP contribution in [0.4, 0.5) is 0 Å². The van der Waals surface area contributed by atoms with Crippen LogP contribution in [-0.4, -0.2) is 15.6 Å². The van der Waals surface area contributed by atoms with E-state index >= 15 is 0 Å². The third-order valence-corrected chi connectivity index (χ3v) is 2.78. The first kappa shape index (κ1) is 12.4. The van der Waals surface area contributed by atoms with Crippen LogP contribution in [0.5, 0.6) is 0 Å². The molecule has 2 rings (SSSR count). The molecule has 0 spiro atoms. The van der Waals surface area contributed by atoms with E-state index in [0.717, 1.165) is 0 Å². The summed E-state index contributed by atoms with van der Waals surface area (Å²) in [4.78, 5) is 22.5. The predicted molar refractivity (Wildman–Crippen MR) is 65.4 cm³/mol. The SMILES string of the molecule is CC(C)n1c(=O)oc2ccc(C(N)C(=O)O)cc21. The topological polar surface area (TPSA) is 98.5 Å². The number of nitrogens with two attached hydrogens (primary N) is 1. The van der Waals surface area contributed by atoms with Crippen LogP contribution in [0.2, 0.25) is 0 Å². The number of fused-ring (bicyclic) bond motifs is 1. The predicted octanol–water partition coefficient (Wildman–Crippen LogP) is 1.26. The normalized spacial score (nSPS) is 13.1. The van der Waals surface area contributed by atoms with Crippen molar-refractivity contribution in [3.05, 3.63) is 34.3 Å². The Morgan fingerprint density at radius 1 is 1.44 bits per heavy atom. The molecular weight excluding hydrogens is 236 g/mol. The molecule has 1 aromatic heterocycles. The summed E-state index contributed by atoms with van der Waals surface area (Å²) in [6, 6.07) is 3.51. The summed E-state index contributed by atoms with van der Waals surface area (Å²) >= 11 is 0. The van der Waals surface area contributed by atoms with Crippen molar-refractivity contribution < 1.29 is 14.3 Å². The van der Waals surface area contributed by atoms with E-state index in [1.54, 1.807) is 18.2 Å². The number of oxazole rings is 1. The molecule has 3 N–H and O–H groups in total. The van der Waals surface area contributed by atoms with Gasteiger partial charge in [0.25, 0.3) is 0 Å². The molecule has 0 bridgehead atoms. The first-order valence-corrected chi connectivity index (χ1v) is 5.55. The monoisotopic (exact) mass is 250 g/mol. The number of carboxylic acid groups (broad SMARTS) is 1. The molecular formula is C12H14N2O4. The van der Waals surface area contributed by atoms with Crippen LogP contribution in [0.25, 0.3) is 11.1 Å². The summed E-state index contributed by atoms with van der Waals surface area (Å²) in [6.45, 7) is 3.69. The molecule has 0 aliphatic heterocycles. The van der Waals surface area contributed by atoms with E-state index in [-0.39, 0.29) is 6.04 Å². The highest BCUT2D eigenvalue weighted by Gasteiger charge is 2.18. The van der Waals surface area contributed by atoms with Crippen LogP contribution in [-0.2, 0) is 4.79 Å². The minimum Gasteiger partial charge on any atom is -0.480 e. The summed E-state index contributed by atoms with van der Waals surface area (Å²) < 4.78 is 6.54. The molecule has 2 aromatic rings. The van der Waals surface area contributed by atoms with Crippen molar-refractivity contribution >= 4 is 17.1 Å². The van der Waals surface area contributed by atoms with Crippen molar-refractivity contribution in [3.63, 3.8) is 0 Å². The molecule has 6 nitrogen and oxygen atoms in total. The fraction of sp³-hybridized carbons (Fsp3) is 0.333. The minimum atomic E-state index is -1.11. The molecule has 0 radical (unpaired) electrons. The highest BCUT2D eigenvalue weighted by atomic mass is 16.4. The highest BCUT2D eigenvalue weighted by Crippen LogP contribution is 2.21. The van der Waals surface area contributed by atoms with Crippen molar-refractivity contribution in [2.24, 2.45) is 5.73 Å². The second-order valence-electron chi connectivity index (χ2n) is 4.37. The first-order chi connectivity index (χ1) is 8.41. The summed E-state index contributed by atoms with van der Waals surface area (Å²) in [6.07, 6.45) is 0. The number of hydrogen-bond acceptors (Lipinski definition) is 4. The molecule has 0 aliphatic carbocycles. The van der Waals surface area contributed by atoms with Gasteiger partial charge in [0.05, 0.1) is 5.52 Å². The molecule has 1 heterocycles. The molecule has 0 fully saturated rings. The summed E-state index contributed by atoms with van der Waals surface area (Å²) in [5.41, 5.74) is 6.97. The number of benzene rings is 1. The van der Waals surface area contributed by atoms with Crippen molar-refractivity contribution in [1.82, 2.24) is 4.57 Å². The van der Waals surface area contributed by atoms with E-state index in [9.17, 15) is 9.59 Å². The van der Waals surface area contributed by atoms with Crippen LogP contribution >= 0.6 is 0 Å². The lowest BCUT2D eigenvalue weighted by atomic mass is 10.1. The Labute approximate surface area is 103 Å². The fourth-order valence-electron chi connectivity index (χ4n) is 1.88. The zero-order chi connectivity index (χ0) is 13.4. The standard InChI is InChI=1S/C12H14N2O4/c1-6(2)14-8-5-7(10(13)11(15)16)3-4-9(8)18-12(14)17/h3-6,10H,13H2,1-2H3,(H,15,16). The Hall–Kier alpha value is -2.08. The molecule has 1 atom stereocenters. The van der Waals surface area contributed by atoms with Gasteiger partial charge in [-0.2, -0.15) is 0 Å². The van der Waals surface area contributed by atoms with E-state index in [2.05, 4.69) is 0 Å². The smallest absolute Gasteiger partial charge is 0.420 e. The molecule has 96 valence electrons. The van der Waals surface area contributed by atoms with Crippen LogP contribution in [0.1, 0.15) is 31.5 Å². The van der Waals surface area contributed by atoms with Crippen molar-refractivity contribution in [2.45, 2.75) is 25.9 Å². The Balaban J connectivity index is 2.66. The lowest BCUT2D eigenvalue weighted by Crippen LogP contribution is -2.21. The first-order valence-electron chi connectivity index (χ1n) is 5.55. The van der Waals surface area contributed by atoms with E-state index in [4.69, 9.17) is 15.3 Å². The third kappa shape index (κ3) is 1.91. The number of rotatable bonds is 3. The number of nitrogens with zero attached hydrogens (tertiary/aromatic N) is 1. The number of hydrogen-bond donors (Lipinski definition) is 2. The van der Waals surface area contributed by atoms with E-state index in [0.29, 0.717) is 16.7 Å². The molecule has 0 aliphatic rings. The number of carbonyl (C=O) groups is 1. The molecule has 18 heavy (non-hydrogen) atoms. The van der Waals surface area contributed by atoms with Gasteiger partial charge in [-0.15, -0.1) is 0 Å². The average molecular weight is 250 g/mol. The number of aliphatic carboxylic acids is 1. The van der Waals surface area contributed by atoms with Gasteiger partial charge in [-0.25, -0.2) is 4.79 Å². The summed E-state index contributed by atoms with van der Waals surface area (Å²) in [5.74, 6) is -1.57. The van der Waals surface area contributed by atoms with Crippen molar-refractivity contribution in [3.8, 4) is 0 Å². The van der Waals surface area contributed by atoms with Gasteiger partial charge in [0.1, 0.15) is 6.04 Å². The summed E-state index contributed by atoms with van der Waals surface area (Å²) in [5, 5.41) is 8.87. The van der Waals surface area contributed by atoms with Crippen molar-refractivity contribution in [1.29, 1.82) is 0 Å². The largest absolute Gasteiger partial charge is 0.480 e. The second-order valence-corrected chi connectivity index (χ2v) is 4.37. The highest BCUT2D eigenvalue weighted by molar-refractivity contribution is 5.79. The van der Waals surface area contributed by atoms with Gasteiger partial charge < -0.3 is 15.3 Å². The molecule has 1 unspecified atom stereocenters. The zero-order valence-electron chi connectivity index (χ0n) is 10.1. The molecule has 1 aromatic carbocycles. The average Bonchev–Trinajstić information content (AvgIpc) is 2.62. The summed E-state index contributed by atoms with van der Waals surface area (Å²) in [7, 11) is 0. The maximum Gasteiger partial charge on any atom is 0.420 e. The van der Waals surface area contributed by atoms with Gasteiger partial charge in [0, 0.05) is 6.04 Å². The van der Waals surface area contributed by atoms with Gasteiger partial charge in [-0.3, -0.25) is 9.36 Å². The number of carboxylic acids is 1. The molecule has 6 heteroatoms. The van der Waals surface area contributed by atoms with E-state index in [1.807, 2.05) is 13.8 Å². The van der Waals surface area contributed by atoms with Gasteiger partial charge in [0.15, 0.2) is 5.58 Å². The van der Waals surface area contributed by atoms with Gasteiger partial charge in [0.2, 0.25) is 0 Å². The Morgan fingerprint density at radius 2 is 2.11 bits per heavy atom. The van der Waals surface area contributed by atoms with Crippen LogP contribution in [0.3, 0.4) is 0 Å². The van der Waals surface area contributed by atoms with E-state index < -0.39 is 17.8 Å². The maximum atomic E-state index is 11.6. The maximum absolute atomic E-state index is 11.6. The quantitative estimate of drug-likeness (QED) is 0.854. The van der Waals surface area contributed by atoms with Gasteiger partial charge >= 0.3 is 11.7 Å². The Bertz CT molecular complexity index is 654. The third-order valence-electron chi connectivity index (χ3n) is 2.78. The van der Waals surface area contributed by atoms with Crippen molar-refractivity contribution in [2.75, 3.05) is 0 Å². The number of aromatic nitrogens is 1. The van der Waals surface area contributed by atoms with Crippen LogP contribution in [0, 0.1) is 0 Å². The molecule has 0 saturated heterocycles. The lowest BCUT2D eigenvalue weighted by Gasteiger charge is -2.09. The Kier molecular flexibility index (Phi) is 2.96. The molecule has 0 saturated carbocycles. The molecule has 0 amide bonds. The Morgan fingerprint density at radius 3 is 2.67 bits per heavy atom.